The lowest BCUT2D eigenvalue weighted by atomic mass is 9.96. The van der Waals surface area contributed by atoms with Crippen LogP contribution in [0, 0.1) is 6.92 Å². The summed E-state index contributed by atoms with van der Waals surface area (Å²) in [6.45, 7) is 4.49. The topological polar surface area (TPSA) is 103 Å². The number of aromatic nitrogens is 4. The zero-order valence-corrected chi connectivity index (χ0v) is 24.2. The summed E-state index contributed by atoms with van der Waals surface area (Å²) in [4.78, 5) is 32.9. The van der Waals surface area contributed by atoms with E-state index in [0.717, 1.165) is 64.1 Å². The van der Waals surface area contributed by atoms with Gasteiger partial charge in [0.05, 0.1) is 19.3 Å². The highest BCUT2D eigenvalue weighted by Gasteiger charge is 2.16. The Morgan fingerprint density at radius 1 is 0.927 bits per heavy atom. The van der Waals surface area contributed by atoms with Crippen molar-refractivity contribution in [3.63, 3.8) is 0 Å². The van der Waals surface area contributed by atoms with Crippen molar-refractivity contribution in [1.82, 2.24) is 19.7 Å². The third-order valence-electron chi connectivity index (χ3n) is 7.07. The van der Waals surface area contributed by atoms with Crippen LogP contribution < -0.4 is 16.1 Å². The number of unbranched alkanes of at least 4 members (excludes halogenated alkanes) is 1. The molecule has 5 rings (SSSR count). The molecule has 8 nitrogen and oxygen atoms in total. The van der Waals surface area contributed by atoms with Gasteiger partial charge >= 0.3 is 5.76 Å². The summed E-state index contributed by atoms with van der Waals surface area (Å²) in [5, 5.41) is 3.85. The smallest absolute Gasteiger partial charge is 0.439 e. The number of nitrogens with zero attached hydrogens (tertiary/aromatic N) is 3. The van der Waals surface area contributed by atoms with Crippen molar-refractivity contribution >= 4 is 12.4 Å². The lowest BCUT2D eigenvalue weighted by Gasteiger charge is -2.16. The summed E-state index contributed by atoms with van der Waals surface area (Å²) in [5.74, 6) is 1.28. The molecule has 0 saturated heterocycles. The van der Waals surface area contributed by atoms with Crippen LogP contribution in [0.25, 0.3) is 22.5 Å². The molecule has 0 spiro atoms. The summed E-state index contributed by atoms with van der Waals surface area (Å²) in [7, 11) is 1.64. The molecule has 9 heteroatoms. The average Bonchev–Trinajstić information content (AvgIpc) is 3.42. The molecule has 0 bridgehead atoms. The van der Waals surface area contributed by atoms with Crippen LogP contribution >= 0.6 is 12.4 Å². The van der Waals surface area contributed by atoms with Crippen molar-refractivity contribution < 1.29 is 9.26 Å². The van der Waals surface area contributed by atoms with E-state index in [9.17, 15) is 9.59 Å². The van der Waals surface area contributed by atoms with Crippen molar-refractivity contribution in [2.24, 2.45) is 0 Å². The number of rotatable bonds is 10. The van der Waals surface area contributed by atoms with Crippen LogP contribution in [0.1, 0.15) is 48.0 Å². The van der Waals surface area contributed by atoms with Crippen molar-refractivity contribution in [2.45, 2.75) is 46.1 Å². The Kier molecular flexibility index (Phi) is 9.57. The molecule has 0 unspecified atom stereocenters. The summed E-state index contributed by atoms with van der Waals surface area (Å²) in [5.41, 5.74) is 6.30. The molecular formula is C32H33ClN4O4. The normalized spacial score (nSPS) is 10.8. The lowest BCUT2D eigenvalue weighted by Crippen LogP contribution is -2.30. The Hall–Kier alpha value is -4.43. The number of aromatic amines is 1. The maximum atomic E-state index is 13.9. The first kappa shape index (κ1) is 29.6. The Morgan fingerprint density at radius 2 is 1.61 bits per heavy atom. The predicted molar refractivity (Wildman–Crippen MR) is 162 cm³/mol. The maximum absolute atomic E-state index is 13.9. The third kappa shape index (κ3) is 6.66. The number of aryl methyl sites for hydroxylation is 2. The van der Waals surface area contributed by atoms with Crippen molar-refractivity contribution in [3.8, 4) is 28.3 Å². The van der Waals surface area contributed by atoms with Crippen LogP contribution in [0.2, 0.25) is 0 Å². The second kappa shape index (κ2) is 13.3. The minimum absolute atomic E-state index is 0. The van der Waals surface area contributed by atoms with Gasteiger partial charge in [0, 0.05) is 17.5 Å². The van der Waals surface area contributed by atoms with E-state index in [4.69, 9.17) is 14.2 Å². The SMILES string of the molecule is CCCCc1nc(C)n(Cc2ccc(OC)cc2)c(=O)c1Cc1ccc(-c2ccccc2-c2noc(=O)[nH]2)cc1.Cl. The van der Waals surface area contributed by atoms with E-state index < -0.39 is 5.76 Å². The number of benzene rings is 3. The van der Waals surface area contributed by atoms with Crippen LogP contribution in [0.3, 0.4) is 0 Å². The molecule has 2 heterocycles. The number of methoxy groups -OCH3 is 1. The fourth-order valence-corrected chi connectivity index (χ4v) is 4.88. The molecule has 0 aliphatic rings. The summed E-state index contributed by atoms with van der Waals surface area (Å²) in [6.07, 6.45) is 3.26. The second-order valence-corrected chi connectivity index (χ2v) is 9.79. The average molecular weight is 573 g/mol. The minimum atomic E-state index is -0.594. The van der Waals surface area contributed by atoms with Gasteiger partial charge in [0.1, 0.15) is 11.6 Å². The molecular weight excluding hydrogens is 540 g/mol. The molecule has 0 saturated carbocycles. The first-order valence-corrected chi connectivity index (χ1v) is 13.4. The van der Waals surface area contributed by atoms with Gasteiger partial charge in [-0.2, -0.15) is 0 Å². The first-order valence-electron chi connectivity index (χ1n) is 13.4. The van der Waals surface area contributed by atoms with Gasteiger partial charge in [-0.25, -0.2) is 9.78 Å². The van der Waals surface area contributed by atoms with Gasteiger partial charge in [-0.3, -0.25) is 18.9 Å². The van der Waals surface area contributed by atoms with Crippen LogP contribution in [-0.4, -0.2) is 26.8 Å². The van der Waals surface area contributed by atoms with Gasteiger partial charge in [0.15, 0.2) is 5.82 Å². The number of ether oxygens (including phenoxy) is 1. The predicted octanol–water partition coefficient (Wildman–Crippen LogP) is 5.97. The van der Waals surface area contributed by atoms with E-state index in [0.29, 0.717) is 24.6 Å². The molecule has 212 valence electrons. The number of H-pyrrole nitrogens is 1. The van der Waals surface area contributed by atoms with E-state index in [1.807, 2.05) is 79.7 Å². The lowest BCUT2D eigenvalue weighted by molar-refractivity contribution is 0.388. The Balaban J connectivity index is 0.00000387. The molecule has 41 heavy (non-hydrogen) atoms. The van der Waals surface area contributed by atoms with Gasteiger partial charge in [-0.1, -0.05) is 79.2 Å². The molecule has 0 fully saturated rings. The molecule has 0 atom stereocenters. The summed E-state index contributed by atoms with van der Waals surface area (Å²) in [6, 6.07) is 23.6. The molecule has 1 N–H and O–H groups in total. The van der Waals surface area contributed by atoms with Gasteiger partial charge in [0.2, 0.25) is 0 Å². The Morgan fingerprint density at radius 3 is 2.24 bits per heavy atom. The number of nitrogens with one attached hydrogen (secondary N) is 1. The molecule has 5 aromatic rings. The van der Waals surface area contributed by atoms with Gasteiger partial charge in [-0.15, -0.1) is 12.4 Å². The Labute approximate surface area is 244 Å². The molecule has 0 aliphatic carbocycles. The fraction of sp³-hybridized carbons (Fsp3) is 0.250. The van der Waals surface area contributed by atoms with E-state index in [2.05, 4.69) is 17.1 Å². The maximum Gasteiger partial charge on any atom is 0.439 e. The second-order valence-electron chi connectivity index (χ2n) is 9.79. The first-order chi connectivity index (χ1) is 19.5. The van der Waals surface area contributed by atoms with Gasteiger partial charge < -0.3 is 4.74 Å². The van der Waals surface area contributed by atoms with Crippen LogP contribution in [0.5, 0.6) is 5.75 Å². The van der Waals surface area contributed by atoms with E-state index in [1.165, 1.54) is 0 Å². The highest BCUT2D eigenvalue weighted by atomic mass is 35.5. The largest absolute Gasteiger partial charge is 0.497 e. The number of hydrogen-bond donors (Lipinski definition) is 1. The van der Waals surface area contributed by atoms with Crippen molar-refractivity contribution in [1.29, 1.82) is 0 Å². The molecule has 3 aromatic carbocycles. The van der Waals surface area contributed by atoms with E-state index >= 15 is 0 Å². The van der Waals surface area contributed by atoms with Crippen LogP contribution in [0.15, 0.2) is 86.9 Å². The van der Waals surface area contributed by atoms with E-state index in [1.54, 1.807) is 11.7 Å². The zero-order valence-electron chi connectivity index (χ0n) is 23.3. The number of halogens is 1. The quantitative estimate of drug-likeness (QED) is 0.221. The molecule has 0 aliphatic heterocycles. The highest BCUT2D eigenvalue weighted by Crippen LogP contribution is 2.30. The van der Waals surface area contributed by atoms with Crippen LogP contribution in [-0.2, 0) is 19.4 Å². The summed E-state index contributed by atoms with van der Waals surface area (Å²) < 4.78 is 11.7. The van der Waals surface area contributed by atoms with E-state index in [-0.39, 0.29) is 18.0 Å². The summed E-state index contributed by atoms with van der Waals surface area (Å²) >= 11 is 0. The standard InChI is InChI=1S/C32H32N4O4.ClH/c1-4-5-10-29-28(31(37)36(21(2)33-29)20-23-13-17-25(39-3)18-14-23)19-22-11-15-24(16-12-22)26-8-6-7-9-27(26)30-34-32(38)40-35-30;/h6-9,11-18H,4-5,10,19-20H2,1-3H3,(H,34,35,38);1H. The highest BCUT2D eigenvalue weighted by molar-refractivity contribution is 5.85. The monoisotopic (exact) mass is 572 g/mol. The van der Waals surface area contributed by atoms with Crippen molar-refractivity contribution in [2.75, 3.05) is 7.11 Å². The zero-order chi connectivity index (χ0) is 28.1. The van der Waals surface area contributed by atoms with Gasteiger partial charge in [0.25, 0.3) is 5.56 Å². The fourth-order valence-electron chi connectivity index (χ4n) is 4.88. The van der Waals surface area contributed by atoms with Gasteiger partial charge in [-0.05, 0) is 54.2 Å². The molecule has 0 amide bonds. The third-order valence-corrected chi connectivity index (χ3v) is 7.07. The number of hydrogen-bond acceptors (Lipinski definition) is 6. The molecule has 0 radical (unpaired) electrons. The minimum Gasteiger partial charge on any atom is -0.497 e. The van der Waals surface area contributed by atoms with Crippen molar-refractivity contribution in [3.05, 3.63) is 122 Å². The molecule has 2 aromatic heterocycles. The van der Waals surface area contributed by atoms with Crippen LogP contribution in [0.4, 0.5) is 0 Å². The Bertz CT molecular complexity index is 1720.